The predicted molar refractivity (Wildman–Crippen MR) is 59.5 cm³/mol. The minimum absolute atomic E-state index is 0.226. The summed E-state index contributed by atoms with van der Waals surface area (Å²) in [6, 6.07) is 4.89. The molecular weight excluding hydrogens is 222 g/mol. The molecule has 17 heavy (non-hydrogen) atoms. The average molecular weight is 234 g/mol. The van der Waals surface area contributed by atoms with Crippen molar-refractivity contribution in [2.24, 2.45) is 5.92 Å². The van der Waals surface area contributed by atoms with Gasteiger partial charge in [-0.1, -0.05) is 0 Å². The van der Waals surface area contributed by atoms with Gasteiger partial charge in [0.1, 0.15) is 6.07 Å². The summed E-state index contributed by atoms with van der Waals surface area (Å²) in [6.45, 7) is 0.812. The van der Waals surface area contributed by atoms with Gasteiger partial charge in [0.15, 0.2) is 11.6 Å². The number of nitriles is 1. The summed E-state index contributed by atoms with van der Waals surface area (Å²) in [6.07, 6.45) is 3.34. The summed E-state index contributed by atoms with van der Waals surface area (Å²) in [5, 5.41) is 8.63. The maximum absolute atomic E-state index is 13.9. The van der Waals surface area contributed by atoms with Crippen LogP contribution in [0.25, 0.3) is 0 Å². The Bertz CT molecular complexity index is 507. The van der Waals surface area contributed by atoms with E-state index in [4.69, 9.17) is 5.26 Å². The van der Waals surface area contributed by atoms with Crippen molar-refractivity contribution in [2.45, 2.75) is 25.3 Å². The number of piperidine rings is 1. The van der Waals surface area contributed by atoms with Crippen molar-refractivity contribution >= 4 is 5.69 Å². The number of anilines is 1. The molecule has 2 fully saturated rings. The highest BCUT2D eigenvalue weighted by molar-refractivity contribution is 5.54. The number of benzene rings is 1. The highest BCUT2D eigenvalue weighted by Crippen LogP contribution is 2.41. The summed E-state index contributed by atoms with van der Waals surface area (Å²) in [4.78, 5) is 1.95. The zero-order valence-electron chi connectivity index (χ0n) is 9.29. The predicted octanol–water partition coefficient (Wildman–Crippen LogP) is 2.83. The van der Waals surface area contributed by atoms with Gasteiger partial charge in [-0.3, -0.25) is 0 Å². The topological polar surface area (TPSA) is 27.0 Å². The third-order valence-corrected chi connectivity index (χ3v) is 3.90. The van der Waals surface area contributed by atoms with E-state index in [1.54, 1.807) is 6.07 Å². The quantitative estimate of drug-likeness (QED) is 0.747. The van der Waals surface area contributed by atoms with Crippen molar-refractivity contribution in [3.8, 4) is 6.07 Å². The molecule has 1 saturated heterocycles. The Hall–Kier alpha value is -1.63. The first kappa shape index (κ1) is 10.5. The smallest absolute Gasteiger partial charge is 0.183 e. The Morgan fingerprint density at radius 3 is 2.65 bits per heavy atom. The van der Waals surface area contributed by atoms with Crippen LogP contribution in [0.3, 0.4) is 0 Å². The molecule has 0 aromatic heterocycles. The molecule has 0 amide bonds. The lowest BCUT2D eigenvalue weighted by atomic mass is 10.1. The number of halogens is 2. The Morgan fingerprint density at radius 2 is 2.06 bits per heavy atom. The van der Waals surface area contributed by atoms with Crippen LogP contribution in [0.4, 0.5) is 14.5 Å². The molecule has 4 heteroatoms. The molecule has 2 unspecified atom stereocenters. The fourth-order valence-electron chi connectivity index (χ4n) is 3.07. The van der Waals surface area contributed by atoms with E-state index in [9.17, 15) is 8.78 Å². The van der Waals surface area contributed by atoms with E-state index in [-0.39, 0.29) is 5.56 Å². The Balaban J connectivity index is 2.00. The number of rotatable bonds is 1. The third-order valence-electron chi connectivity index (χ3n) is 3.90. The molecule has 2 aliphatic rings. The molecule has 1 saturated carbocycles. The van der Waals surface area contributed by atoms with Gasteiger partial charge in [-0.2, -0.15) is 5.26 Å². The van der Waals surface area contributed by atoms with Crippen LogP contribution in [0.5, 0.6) is 0 Å². The molecule has 1 aromatic rings. The van der Waals surface area contributed by atoms with Crippen molar-refractivity contribution < 1.29 is 8.78 Å². The molecule has 0 spiro atoms. The van der Waals surface area contributed by atoms with Crippen LogP contribution in [-0.4, -0.2) is 12.6 Å². The molecule has 2 bridgehead atoms. The van der Waals surface area contributed by atoms with E-state index in [0.717, 1.165) is 19.4 Å². The highest BCUT2D eigenvalue weighted by Gasteiger charge is 2.39. The first-order valence-electron chi connectivity index (χ1n) is 5.85. The van der Waals surface area contributed by atoms with Crippen molar-refractivity contribution in [3.63, 3.8) is 0 Å². The van der Waals surface area contributed by atoms with Crippen molar-refractivity contribution in [3.05, 3.63) is 29.3 Å². The largest absolute Gasteiger partial charge is 0.366 e. The van der Waals surface area contributed by atoms with Crippen molar-refractivity contribution in [1.82, 2.24) is 0 Å². The average Bonchev–Trinajstić information content (AvgIpc) is 2.94. The minimum Gasteiger partial charge on any atom is -0.366 e. The molecule has 3 rings (SSSR count). The number of fused-ring (bicyclic) bond motifs is 2. The van der Waals surface area contributed by atoms with Crippen LogP contribution in [0.1, 0.15) is 24.8 Å². The fraction of sp³-hybridized carbons (Fsp3) is 0.462. The van der Waals surface area contributed by atoms with Gasteiger partial charge in [-0.15, -0.1) is 0 Å². The molecular formula is C13H12F2N2. The van der Waals surface area contributed by atoms with Gasteiger partial charge in [0, 0.05) is 12.6 Å². The van der Waals surface area contributed by atoms with E-state index < -0.39 is 11.6 Å². The van der Waals surface area contributed by atoms with E-state index in [2.05, 4.69) is 0 Å². The molecule has 2 atom stereocenters. The van der Waals surface area contributed by atoms with Crippen LogP contribution in [0, 0.1) is 28.9 Å². The van der Waals surface area contributed by atoms with Crippen molar-refractivity contribution in [2.75, 3.05) is 11.4 Å². The maximum atomic E-state index is 13.9. The first-order chi connectivity index (χ1) is 8.20. The van der Waals surface area contributed by atoms with Gasteiger partial charge in [-0.05, 0) is 37.3 Å². The number of hydrogen-bond donors (Lipinski definition) is 0. The maximum Gasteiger partial charge on any atom is 0.183 e. The van der Waals surface area contributed by atoms with Crippen molar-refractivity contribution in [1.29, 1.82) is 5.26 Å². The zero-order valence-corrected chi connectivity index (χ0v) is 9.29. The molecule has 2 nitrogen and oxygen atoms in total. The second-order valence-electron chi connectivity index (χ2n) is 4.86. The van der Waals surface area contributed by atoms with E-state index in [1.807, 2.05) is 4.90 Å². The Morgan fingerprint density at radius 1 is 1.24 bits per heavy atom. The number of nitrogens with zero attached hydrogens (tertiary/aromatic N) is 2. The summed E-state index contributed by atoms with van der Waals surface area (Å²) >= 11 is 0. The van der Waals surface area contributed by atoms with Crippen LogP contribution in [-0.2, 0) is 0 Å². The first-order valence-corrected chi connectivity index (χ1v) is 5.85. The van der Waals surface area contributed by atoms with Crippen LogP contribution >= 0.6 is 0 Å². The zero-order chi connectivity index (χ0) is 12.0. The van der Waals surface area contributed by atoms with Gasteiger partial charge in [0.25, 0.3) is 0 Å². The van der Waals surface area contributed by atoms with Gasteiger partial charge >= 0.3 is 0 Å². The summed E-state index contributed by atoms with van der Waals surface area (Å²) in [5.74, 6) is -1.28. The lowest BCUT2D eigenvalue weighted by Crippen LogP contribution is -2.32. The monoisotopic (exact) mass is 234 g/mol. The fourth-order valence-corrected chi connectivity index (χ4v) is 3.07. The minimum atomic E-state index is -1.02. The molecule has 1 heterocycles. The second-order valence-corrected chi connectivity index (χ2v) is 4.86. The van der Waals surface area contributed by atoms with Gasteiger partial charge < -0.3 is 4.90 Å². The van der Waals surface area contributed by atoms with Crippen LogP contribution < -0.4 is 4.90 Å². The second kappa shape index (κ2) is 3.69. The normalized spacial score (nSPS) is 26.3. The molecule has 0 N–H and O–H groups in total. The van der Waals surface area contributed by atoms with Gasteiger partial charge in [-0.25, -0.2) is 8.78 Å². The Kier molecular flexibility index (Phi) is 2.29. The molecule has 1 aromatic carbocycles. The van der Waals surface area contributed by atoms with E-state index >= 15 is 0 Å². The third kappa shape index (κ3) is 1.49. The summed E-state index contributed by atoms with van der Waals surface area (Å²) in [7, 11) is 0. The number of hydrogen-bond acceptors (Lipinski definition) is 2. The Labute approximate surface area is 98.5 Å². The summed E-state index contributed by atoms with van der Waals surface area (Å²) < 4.78 is 27.4. The molecule has 0 radical (unpaired) electrons. The molecule has 1 aliphatic heterocycles. The van der Waals surface area contributed by atoms with E-state index in [1.165, 1.54) is 18.6 Å². The van der Waals surface area contributed by atoms with Crippen LogP contribution in [0.15, 0.2) is 12.1 Å². The lowest BCUT2D eigenvalue weighted by Gasteiger charge is -2.29. The SMILES string of the molecule is N#Cc1ccc(N2CC3CCC2C3)c(F)c1F. The lowest BCUT2D eigenvalue weighted by molar-refractivity contribution is 0.493. The molecule has 88 valence electrons. The standard InChI is InChI=1S/C13H12F2N2/c14-12-9(6-16)2-4-11(13(12)15)17-7-8-1-3-10(17)5-8/h2,4,8,10H,1,3,5,7H2. The van der Waals surface area contributed by atoms with Crippen LogP contribution in [0.2, 0.25) is 0 Å². The van der Waals surface area contributed by atoms with Gasteiger partial charge in [0.2, 0.25) is 0 Å². The molecule has 1 aliphatic carbocycles. The van der Waals surface area contributed by atoms with E-state index in [0.29, 0.717) is 17.6 Å². The highest BCUT2D eigenvalue weighted by atomic mass is 19.2. The summed E-state index contributed by atoms with van der Waals surface area (Å²) in [5.41, 5.74) is 0.0873. The van der Waals surface area contributed by atoms with Gasteiger partial charge in [0.05, 0.1) is 11.3 Å².